The van der Waals surface area contributed by atoms with Crippen LogP contribution >= 0.6 is 0 Å². The van der Waals surface area contributed by atoms with Gasteiger partial charge in [-0.25, -0.2) is 4.79 Å². The Morgan fingerprint density at radius 2 is 2.44 bits per heavy atom. The fraction of sp³-hybridized carbons (Fsp3) is 0.600. The normalized spacial score (nSPS) is 12.2. The lowest BCUT2D eigenvalue weighted by atomic mass is 10.3. The molecule has 0 radical (unpaired) electrons. The van der Waals surface area contributed by atoms with Crippen LogP contribution in [0.15, 0.2) is 10.7 Å². The molecule has 0 spiro atoms. The van der Waals surface area contributed by atoms with Crippen LogP contribution in [0.1, 0.15) is 30.8 Å². The molecule has 16 heavy (non-hydrogen) atoms. The number of aliphatic hydroxyl groups excluding tert-OH is 1. The molecule has 0 aliphatic rings. The number of hydrogen-bond acceptors (Lipinski definition) is 6. The number of ether oxygens (including phenoxy) is 1. The predicted octanol–water partition coefficient (Wildman–Crippen LogP) is 1.03. The third kappa shape index (κ3) is 3.54. The van der Waals surface area contributed by atoms with Crippen LogP contribution in [-0.4, -0.2) is 35.3 Å². The summed E-state index contributed by atoms with van der Waals surface area (Å²) in [6.07, 6.45) is 1.40. The Kier molecular flexibility index (Phi) is 4.78. The van der Waals surface area contributed by atoms with Crippen molar-refractivity contribution in [3.8, 4) is 0 Å². The van der Waals surface area contributed by atoms with Crippen molar-refractivity contribution in [1.29, 1.82) is 0 Å². The zero-order valence-electron chi connectivity index (χ0n) is 9.40. The molecular weight excluding hydrogens is 212 g/mol. The van der Waals surface area contributed by atoms with E-state index in [4.69, 9.17) is 9.15 Å². The van der Waals surface area contributed by atoms with Gasteiger partial charge >= 0.3 is 5.97 Å². The summed E-state index contributed by atoms with van der Waals surface area (Å²) in [4.78, 5) is 15.1. The van der Waals surface area contributed by atoms with Crippen LogP contribution in [0.4, 0.5) is 6.01 Å². The van der Waals surface area contributed by atoms with Crippen LogP contribution in [0.2, 0.25) is 0 Å². The highest BCUT2D eigenvalue weighted by Gasteiger charge is 2.13. The fourth-order valence-electron chi connectivity index (χ4n) is 1.00. The number of aliphatic hydroxyl groups is 1. The molecule has 1 unspecified atom stereocenters. The van der Waals surface area contributed by atoms with Crippen molar-refractivity contribution in [2.45, 2.75) is 26.4 Å². The molecule has 1 atom stereocenters. The molecular formula is C10H16N2O4. The number of oxazole rings is 1. The van der Waals surface area contributed by atoms with Crippen molar-refractivity contribution in [2.24, 2.45) is 0 Å². The Morgan fingerprint density at radius 3 is 3.06 bits per heavy atom. The van der Waals surface area contributed by atoms with Crippen molar-refractivity contribution in [3.63, 3.8) is 0 Å². The van der Waals surface area contributed by atoms with E-state index in [2.05, 4.69) is 10.3 Å². The van der Waals surface area contributed by atoms with E-state index in [1.165, 1.54) is 6.26 Å². The molecule has 1 heterocycles. The number of aromatic nitrogens is 1. The number of carbonyl (C=O) groups is 1. The molecule has 0 amide bonds. The highest BCUT2D eigenvalue weighted by atomic mass is 16.5. The van der Waals surface area contributed by atoms with Crippen LogP contribution in [0.5, 0.6) is 0 Å². The summed E-state index contributed by atoms with van der Waals surface area (Å²) in [5.41, 5.74) is 0.121. The smallest absolute Gasteiger partial charge is 0.360 e. The zero-order chi connectivity index (χ0) is 12.0. The molecule has 1 aromatic heterocycles. The van der Waals surface area contributed by atoms with Gasteiger partial charge in [0, 0.05) is 6.54 Å². The van der Waals surface area contributed by atoms with E-state index < -0.39 is 12.1 Å². The second kappa shape index (κ2) is 6.12. The standard InChI is InChI=1S/C10H16N2O4/c1-3-7(13)5-11-10-12-8(6-16-10)9(14)15-4-2/h6-7,13H,3-5H2,1-2H3,(H,11,12). The number of nitrogens with one attached hydrogen (secondary N) is 1. The summed E-state index contributed by atoms with van der Waals surface area (Å²) < 4.78 is 9.74. The van der Waals surface area contributed by atoms with Gasteiger partial charge in [0.1, 0.15) is 6.26 Å². The maximum atomic E-state index is 11.2. The number of anilines is 1. The molecule has 6 heteroatoms. The van der Waals surface area contributed by atoms with Gasteiger partial charge in [0.2, 0.25) is 0 Å². The summed E-state index contributed by atoms with van der Waals surface area (Å²) in [7, 11) is 0. The minimum atomic E-state index is -0.518. The highest BCUT2D eigenvalue weighted by molar-refractivity contribution is 5.87. The monoisotopic (exact) mass is 228 g/mol. The topological polar surface area (TPSA) is 84.6 Å². The Morgan fingerprint density at radius 1 is 1.69 bits per heavy atom. The quantitative estimate of drug-likeness (QED) is 0.707. The van der Waals surface area contributed by atoms with Crippen molar-refractivity contribution in [3.05, 3.63) is 12.0 Å². The molecule has 0 saturated heterocycles. The van der Waals surface area contributed by atoms with Gasteiger partial charge in [-0.2, -0.15) is 4.98 Å². The van der Waals surface area contributed by atoms with Crippen LogP contribution < -0.4 is 5.32 Å². The van der Waals surface area contributed by atoms with Gasteiger partial charge in [0.25, 0.3) is 6.01 Å². The summed E-state index contributed by atoms with van der Waals surface area (Å²) in [5, 5.41) is 12.1. The Labute approximate surface area is 93.6 Å². The average molecular weight is 228 g/mol. The van der Waals surface area contributed by atoms with Gasteiger partial charge in [-0.15, -0.1) is 0 Å². The maximum Gasteiger partial charge on any atom is 0.360 e. The average Bonchev–Trinajstić information content (AvgIpc) is 2.75. The van der Waals surface area contributed by atoms with Crippen molar-refractivity contribution in [2.75, 3.05) is 18.5 Å². The third-order valence-electron chi connectivity index (χ3n) is 1.95. The van der Waals surface area contributed by atoms with Gasteiger partial charge in [-0.3, -0.25) is 0 Å². The van der Waals surface area contributed by atoms with Crippen molar-refractivity contribution in [1.82, 2.24) is 4.98 Å². The van der Waals surface area contributed by atoms with E-state index in [1.54, 1.807) is 6.92 Å². The number of rotatable bonds is 6. The molecule has 90 valence electrons. The SMILES string of the molecule is CCOC(=O)c1coc(NCC(O)CC)n1. The van der Waals surface area contributed by atoms with E-state index in [0.29, 0.717) is 19.6 Å². The van der Waals surface area contributed by atoms with Crippen LogP contribution in [0, 0.1) is 0 Å². The molecule has 0 saturated carbocycles. The van der Waals surface area contributed by atoms with E-state index in [0.717, 1.165) is 0 Å². The Hall–Kier alpha value is -1.56. The van der Waals surface area contributed by atoms with Crippen molar-refractivity contribution < 1.29 is 19.1 Å². The highest BCUT2D eigenvalue weighted by Crippen LogP contribution is 2.08. The van der Waals surface area contributed by atoms with E-state index in [-0.39, 0.29) is 11.7 Å². The lowest BCUT2D eigenvalue weighted by Gasteiger charge is -2.06. The van der Waals surface area contributed by atoms with Crippen LogP contribution in [-0.2, 0) is 4.74 Å². The van der Waals surface area contributed by atoms with Gasteiger partial charge < -0.3 is 19.6 Å². The molecule has 0 fully saturated rings. The number of nitrogens with zero attached hydrogens (tertiary/aromatic N) is 1. The minimum Gasteiger partial charge on any atom is -0.461 e. The van der Waals surface area contributed by atoms with Gasteiger partial charge in [-0.05, 0) is 13.3 Å². The number of hydrogen-bond donors (Lipinski definition) is 2. The largest absolute Gasteiger partial charge is 0.461 e. The van der Waals surface area contributed by atoms with E-state index in [9.17, 15) is 9.90 Å². The molecule has 1 rings (SSSR count). The summed E-state index contributed by atoms with van der Waals surface area (Å²) in [6, 6.07) is 0.204. The third-order valence-corrected chi connectivity index (χ3v) is 1.95. The Bertz CT molecular complexity index is 337. The van der Waals surface area contributed by atoms with Gasteiger partial charge in [0.15, 0.2) is 5.69 Å². The lowest BCUT2D eigenvalue weighted by molar-refractivity contribution is 0.0519. The first-order valence-corrected chi connectivity index (χ1v) is 5.22. The second-order valence-electron chi connectivity index (χ2n) is 3.20. The first-order valence-electron chi connectivity index (χ1n) is 5.22. The Balaban J connectivity index is 2.48. The van der Waals surface area contributed by atoms with Gasteiger partial charge in [-0.1, -0.05) is 6.92 Å². The van der Waals surface area contributed by atoms with Crippen LogP contribution in [0.25, 0.3) is 0 Å². The minimum absolute atomic E-state index is 0.121. The molecule has 0 aromatic carbocycles. The van der Waals surface area contributed by atoms with E-state index in [1.807, 2.05) is 6.92 Å². The molecule has 1 aromatic rings. The molecule has 0 bridgehead atoms. The van der Waals surface area contributed by atoms with Crippen LogP contribution in [0.3, 0.4) is 0 Å². The lowest BCUT2D eigenvalue weighted by Crippen LogP contribution is -2.18. The van der Waals surface area contributed by atoms with E-state index >= 15 is 0 Å². The summed E-state index contributed by atoms with van der Waals surface area (Å²) >= 11 is 0. The van der Waals surface area contributed by atoms with Crippen molar-refractivity contribution >= 4 is 12.0 Å². The summed E-state index contributed by atoms with van der Waals surface area (Å²) in [5.74, 6) is -0.518. The summed E-state index contributed by atoms with van der Waals surface area (Å²) in [6.45, 7) is 4.21. The first kappa shape index (κ1) is 12.5. The molecule has 0 aliphatic heterocycles. The zero-order valence-corrected chi connectivity index (χ0v) is 9.40. The fourth-order valence-corrected chi connectivity index (χ4v) is 1.00. The first-order chi connectivity index (χ1) is 7.67. The molecule has 6 nitrogen and oxygen atoms in total. The maximum absolute atomic E-state index is 11.2. The molecule has 2 N–H and O–H groups in total. The predicted molar refractivity (Wildman–Crippen MR) is 57.2 cm³/mol. The number of carbonyl (C=O) groups excluding carboxylic acids is 1. The second-order valence-corrected chi connectivity index (χ2v) is 3.20. The number of esters is 1. The van der Waals surface area contributed by atoms with Gasteiger partial charge in [0.05, 0.1) is 12.7 Å². The molecule has 0 aliphatic carbocycles.